The van der Waals surface area contributed by atoms with Crippen LogP contribution in [0.1, 0.15) is 26.3 Å². The average Bonchev–Trinajstić information content (AvgIpc) is 3.16. The van der Waals surface area contributed by atoms with Crippen molar-refractivity contribution in [3.63, 3.8) is 0 Å². The van der Waals surface area contributed by atoms with Crippen molar-refractivity contribution in [3.05, 3.63) is 65.7 Å². The summed E-state index contributed by atoms with van der Waals surface area (Å²) in [6.45, 7) is 5.20. The van der Waals surface area contributed by atoms with E-state index in [9.17, 15) is 18.4 Å². The number of nitrogens with one attached hydrogen (secondary N) is 1. The Labute approximate surface area is 184 Å². The van der Waals surface area contributed by atoms with Crippen LogP contribution in [0.5, 0.6) is 0 Å². The van der Waals surface area contributed by atoms with Crippen LogP contribution in [0.2, 0.25) is 0 Å². The maximum atomic E-state index is 13.3. The minimum absolute atomic E-state index is 0.102. The number of benzene rings is 2. The van der Waals surface area contributed by atoms with Crippen molar-refractivity contribution in [2.45, 2.75) is 39.4 Å². The first kappa shape index (κ1) is 23.0. The lowest BCUT2D eigenvalue weighted by Crippen LogP contribution is -2.47. The molecule has 168 valence electrons. The Bertz CT molecular complexity index is 1080. The Hall–Kier alpha value is -3.69. The van der Waals surface area contributed by atoms with Crippen LogP contribution in [-0.4, -0.2) is 49.0 Å². The van der Waals surface area contributed by atoms with Gasteiger partial charge in [-0.3, -0.25) is 9.59 Å². The summed E-state index contributed by atoms with van der Waals surface area (Å²) in [5, 5.41) is 14.2. The minimum Gasteiger partial charge on any atom is -0.350 e. The van der Waals surface area contributed by atoms with E-state index in [-0.39, 0.29) is 25.5 Å². The topological polar surface area (TPSA) is 93.0 Å². The minimum atomic E-state index is -0.465. The summed E-state index contributed by atoms with van der Waals surface area (Å²) in [5.74, 6) is -1.24. The van der Waals surface area contributed by atoms with E-state index in [1.165, 1.54) is 46.0 Å². The molecule has 3 rings (SSSR count). The van der Waals surface area contributed by atoms with E-state index in [0.717, 1.165) is 0 Å². The molecule has 0 saturated carbocycles. The molecule has 1 aromatic heterocycles. The normalized spacial score (nSPS) is 11.3. The molecule has 0 bridgehead atoms. The average molecular weight is 442 g/mol. The summed E-state index contributed by atoms with van der Waals surface area (Å²) in [6.07, 6.45) is 0. The molecule has 3 aromatic rings. The van der Waals surface area contributed by atoms with Gasteiger partial charge in [-0.05, 0) is 73.2 Å². The van der Waals surface area contributed by atoms with E-state index in [1.54, 1.807) is 12.1 Å². The number of hydrogen-bond donors (Lipinski definition) is 1. The van der Waals surface area contributed by atoms with Gasteiger partial charge in [0, 0.05) is 17.6 Å². The zero-order valence-corrected chi connectivity index (χ0v) is 18.0. The molecule has 32 heavy (non-hydrogen) atoms. The number of nitrogens with zero attached hydrogens (tertiary/aromatic N) is 5. The first-order chi connectivity index (χ1) is 15.1. The van der Waals surface area contributed by atoms with Gasteiger partial charge in [0.25, 0.3) is 0 Å². The quantitative estimate of drug-likeness (QED) is 0.607. The van der Waals surface area contributed by atoms with Crippen molar-refractivity contribution >= 4 is 11.8 Å². The van der Waals surface area contributed by atoms with E-state index >= 15 is 0 Å². The van der Waals surface area contributed by atoms with Crippen LogP contribution >= 0.6 is 0 Å². The molecule has 10 heteroatoms. The van der Waals surface area contributed by atoms with Gasteiger partial charge in [0.1, 0.15) is 18.2 Å². The second kappa shape index (κ2) is 9.63. The predicted octanol–water partition coefficient (Wildman–Crippen LogP) is 2.56. The summed E-state index contributed by atoms with van der Waals surface area (Å²) in [7, 11) is 0. The van der Waals surface area contributed by atoms with E-state index in [1.807, 2.05) is 20.8 Å². The van der Waals surface area contributed by atoms with Gasteiger partial charge in [-0.1, -0.05) is 12.1 Å². The highest BCUT2D eigenvalue weighted by molar-refractivity contribution is 5.85. The molecule has 2 aromatic carbocycles. The van der Waals surface area contributed by atoms with Crippen LogP contribution in [0.3, 0.4) is 0 Å². The van der Waals surface area contributed by atoms with Gasteiger partial charge in [0.05, 0.1) is 6.54 Å². The van der Waals surface area contributed by atoms with Gasteiger partial charge in [-0.15, -0.1) is 5.10 Å². The predicted molar refractivity (Wildman–Crippen MR) is 113 cm³/mol. The molecule has 0 unspecified atom stereocenters. The van der Waals surface area contributed by atoms with Crippen molar-refractivity contribution in [2.75, 3.05) is 6.54 Å². The summed E-state index contributed by atoms with van der Waals surface area (Å²) >= 11 is 0. The lowest BCUT2D eigenvalue weighted by molar-refractivity contribution is -0.137. The van der Waals surface area contributed by atoms with Gasteiger partial charge in [0.2, 0.25) is 11.8 Å². The van der Waals surface area contributed by atoms with Crippen LogP contribution in [0, 0.1) is 11.6 Å². The zero-order valence-electron chi connectivity index (χ0n) is 18.0. The first-order valence-corrected chi connectivity index (χ1v) is 9.96. The number of aromatic nitrogens is 4. The van der Waals surface area contributed by atoms with E-state index in [2.05, 4.69) is 20.8 Å². The number of hydrogen-bond acceptors (Lipinski definition) is 5. The van der Waals surface area contributed by atoms with Crippen molar-refractivity contribution in [1.29, 1.82) is 0 Å². The molecule has 1 N–H and O–H groups in total. The van der Waals surface area contributed by atoms with Crippen LogP contribution < -0.4 is 5.32 Å². The monoisotopic (exact) mass is 442 g/mol. The van der Waals surface area contributed by atoms with Crippen molar-refractivity contribution in [3.8, 4) is 11.4 Å². The molecular formula is C22H24F2N6O2. The first-order valence-electron chi connectivity index (χ1n) is 9.96. The molecule has 1 heterocycles. The van der Waals surface area contributed by atoms with Crippen LogP contribution in [-0.2, 0) is 22.7 Å². The SMILES string of the molecule is CC(C)(C)NC(=O)CN(Cc1ccc(F)cc1)C(=O)Cn1nnnc1-c1ccc(F)cc1. The Morgan fingerprint density at radius 3 is 2.19 bits per heavy atom. The third-order valence-corrected chi connectivity index (χ3v) is 4.41. The van der Waals surface area contributed by atoms with Crippen molar-refractivity contribution in [2.24, 2.45) is 0 Å². The van der Waals surface area contributed by atoms with Gasteiger partial charge in [0.15, 0.2) is 5.82 Å². The highest BCUT2D eigenvalue weighted by atomic mass is 19.1. The standard InChI is InChI=1S/C22H24F2N6O2/c1-22(2,3)25-19(31)13-29(12-15-4-8-17(23)9-5-15)20(32)14-30-21(26-27-28-30)16-6-10-18(24)11-7-16/h4-11H,12-14H2,1-3H3,(H,25,31). The Kier molecular flexibility index (Phi) is 6.92. The third kappa shape index (κ3) is 6.40. The Morgan fingerprint density at radius 2 is 1.59 bits per heavy atom. The molecule has 2 amide bonds. The molecular weight excluding hydrogens is 418 g/mol. The molecule has 8 nitrogen and oxygen atoms in total. The van der Waals surface area contributed by atoms with Gasteiger partial charge in [-0.25, -0.2) is 13.5 Å². The molecule has 0 fully saturated rings. The second-order valence-corrected chi connectivity index (χ2v) is 8.34. The van der Waals surface area contributed by atoms with Gasteiger partial charge in [-0.2, -0.15) is 0 Å². The molecule has 0 spiro atoms. The number of carbonyl (C=O) groups excluding carboxylic acids is 2. The maximum absolute atomic E-state index is 13.3. The fourth-order valence-electron chi connectivity index (χ4n) is 3.02. The van der Waals surface area contributed by atoms with E-state index in [4.69, 9.17) is 0 Å². The number of halogens is 2. The van der Waals surface area contributed by atoms with Crippen LogP contribution in [0.25, 0.3) is 11.4 Å². The molecule has 0 aliphatic heterocycles. The van der Waals surface area contributed by atoms with Crippen LogP contribution in [0.4, 0.5) is 8.78 Å². The summed E-state index contributed by atoms with van der Waals surface area (Å²) in [4.78, 5) is 27.0. The fourth-order valence-corrected chi connectivity index (χ4v) is 3.02. The number of rotatable bonds is 7. The number of tetrazole rings is 1. The van der Waals surface area contributed by atoms with Crippen LogP contribution in [0.15, 0.2) is 48.5 Å². The van der Waals surface area contributed by atoms with Crippen molar-refractivity contribution in [1.82, 2.24) is 30.4 Å². The number of carbonyl (C=O) groups is 2. The third-order valence-electron chi connectivity index (χ3n) is 4.41. The van der Waals surface area contributed by atoms with Crippen molar-refractivity contribution < 1.29 is 18.4 Å². The lowest BCUT2D eigenvalue weighted by atomic mass is 10.1. The smallest absolute Gasteiger partial charge is 0.245 e. The Balaban J connectivity index is 1.80. The number of amides is 2. The van der Waals surface area contributed by atoms with E-state index < -0.39 is 23.1 Å². The maximum Gasteiger partial charge on any atom is 0.245 e. The van der Waals surface area contributed by atoms with Gasteiger partial charge >= 0.3 is 0 Å². The molecule has 0 aliphatic rings. The summed E-state index contributed by atoms with van der Waals surface area (Å²) in [6, 6.07) is 11.3. The van der Waals surface area contributed by atoms with E-state index in [0.29, 0.717) is 17.0 Å². The molecule has 0 atom stereocenters. The fraction of sp³-hybridized carbons (Fsp3) is 0.318. The summed E-state index contributed by atoms with van der Waals surface area (Å²) < 4.78 is 27.8. The second-order valence-electron chi connectivity index (χ2n) is 8.34. The largest absolute Gasteiger partial charge is 0.350 e. The molecule has 0 saturated heterocycles. The molecule has 0 radical (unpaired) electrons. The highest BCUT2D eigenvalue weighted by Crippen LogP contribution is 2.16. The highest BCUT2D eigenvalue weighted by Gasteiger charge is 2.23. The summed E-state index contributed by atoms with van der Waals surface area (Å²) in [5.41, 5.74) is 0.742. The lowest BCUT2D eigenvalue weighted by Gasteiger charge is -2.26. The zero-order chi connectivity index (χ0) is 23.3. The Morgan fingerprint density at radius 1 is 1.00 bits per heavy atom. The van der Waals surface area contributed by atoms with Gasteiger partial charge < -0.3 is 10.2 Å². The molecule has 0 aliphatic carbocycles.